The number of pyridine rings is 1. The van der Waals surface area contributed by atoms with Crippen LogP contribution in [0.3, 0.4) is 0 Å². The SMILES string of the molecule is CNC(Cc1cccc(Cl)c1F)c1cnn2ccccc12. The quantitative estimate of drug-likeness (QED) is 0.797. The zero-order chi connectivity index (χ0) is 14.8. The summed E-state index contributed by atoms with van der Waals surface area (Å²) in [6.07, 6.45) is 4.23. The molecular weight excluding hydrogens is 289 g/mol. The van der Waals surface area contributed by atoms with Crippen LogP contribution in [0.15, 0.2) is 48.8 Å². The molecule has 3 nitrogen and oxygen atoms in total. The lowest BCUT2D eigenvalue weighted by Gasteiger charge is -2.16. The molecule has 1 N–H and O–H groups in total. The van der Waals surface area contributed by atoms with Gasteiger partial charge in [-0.3, -0.25) is 0 Å². The molecule has 0 aliphatic heterocycles. The number of fused-ring (bicyclic) bond motifs is 1. The summed E-state index contributed by atoms with van der Waals surface area (Å²) in [5, 5.41) is 7.71. The van der Waals surface area contributed by atoms with Crippen LogP contribution in [-0.2, 0) is 6.42 Å². The van der Waals surface area contributed by atoms with E-state index in [1.807, 2.05) is 42.2 Å². The van der Waals surface area contributed by atoms with Gasteiger partial charge in [0.05, 0.1) is 16.7 Å². The number of hydrogen-bond acceptors (Lipinski definition) is 2. The van der Waals surface area contributed by atoms with E-state index in [0.717, 1.165) is 11.1 Å². The van der Waals surface area contributed by atoms with Gasteiger partial charge in [0.2, 0.25) is 0 Å². The number of likely N-dealkylation sites (N-methyl/N-ethyl adjacent to an activating group) is 1. The van der Waals surface area contributed by atoms with Gasteiger partial charge in [0.1, 0.15) is 5.82 Å². The van der Waals surface area contributed by atoms with Crippen molar-refractivity contribution in [1.82, 2.24) is 14.9 Å². The van der Waals surface area contributed by atoms with E-state index < -0.39 is 0 Å². The average Bonchev–Trinajstić information content (AvgIpc) is 2.93. The van der Waals surface area contributed by atoms with Crippen molar-refractivity contribution < 1.29 is 4.39 Å². The summed E-state index contributed by atoms with van der Waals surface area (Å²) >= 11 is 5.85. The molecule has 0 bridgehead atoms. The van der Waals surface area contributed by atoms with Gasteiger partial charge < -0.3 is 5.32 Å². The first-order chi connectivity index (χ1) is 10.2. The van der Waals surface area contributed by atoms with Gasteiger partial charge in [0, 0.05) is 17.8 Å². The maximum Gasteiger partial charge on any atom is 0.145 e. The standard InChI is InChI=1S/C16H15ClFN3/c1-19-14(9-11-5-4-6-13(17)16(11)18)12-10-20-21-8-3-2-7-15(12)21/h2-8,10,14,19H,9H2,1H3. The molecule has 1 unspecified atom stereocenters. The molecule has 2 heterocycles. The van der Waals surface area contributed by atoms with Gasteiger partial charge in [-0.25, -0.2) is 8.91 Å². The smallest absolute Gasteiger partial charge is 0.145 e. The fraction of sp³-hybridized carbons (Fsp3) is 0.188. The second kappa shape index (κ2) is 5.84. The Labute approximate surface area is 127 Å². The lowest BCUT2D eigenvalue weighted by atomic mass is 9.99. The fourth-order valence-corrected chi connectivity index (χ4v) is 2.71. The largest absolute Gasteiger partial charge is 0.313 e. The van der Waals surface area contributed by atoms with E-state index in [2.05, 4.69) is 10.4 Å². The van der Waals surface area contributed by atoms with E-state index in [9.17, 15) is 4.39 Å². The monoisotopic (exact) mass is 303 g/mol. The highest BCUT2D eigenvalue weighted by molar-refractivity contribution is 6.30. The lowest BCUT2D eigenvalue weighted by molar-refractivity contribution is 0.557. The van der Waals surface area contributed by atoms with Crippen molar-refractivity contribution in [3.8, 4) is 0 Å². The van der Waals surface area contributed by atoms with E-state index in [1.165, 1.54) is 0 Å². The van der Waals surface area contributed by atoms with Gasteiger partial charge >= 0.3 is 0 Å². The van der Waals surface area contributed by atoms with Crippen LogP contribution in [0.4, 0.5) is 4.39 Å². The summed E-state index contributed by atoms with van der Waals surface area (Å²) in [6, 6.07) is 11.0. The van der Waals surface area contributed by atoms with Crippen molar-refractivity contribution in [2.75, 3.05) is 7.05 Å². The molecule has 1 aromatic carbocycles. The molecular formula is C16H15ClFN3. The van der Waals surface area contributed by atoms with Gasteiger partial charge in [-0.15, -0.1) is 0 Å². The second-order valence-corrected chi connectivity index (χ2v) is 5.30. The van der Waals surface area contributed by atoms with E-state index in [0.29, 0.717) is 12.0 Å². The van der Waals surface area contributed by atoms with Crippen molar-refractivity contribution in [2.24, 2.45) is 0 Å². The molecule has 5 heteroatoms. The highest BCUT2D eigenvalue weighted by atomic mass is 35.5. The van der Waals surface area contributed by atoms with Gasteiger partial charge in [0.15, 0.2) is 0 Å². The molecule has 0 amide bonds. The summed E-state index contributed by atoms with van der Waals surface area (Å²) in [5.41, 5.74) is 2.65. The van der Waals surface area contributed by atoms with Crippen molar-refractivity contribution in [3.63, 3.8) is 0 Å². The van der Waals surface area contributed by atoms with Gasteiger partial charge in [0.25, 0.3) is 0 Å². The minimum Gasteiger partial charge on any atom is -0.313 e. The van der Waals surface area contributed by atoms with Gasteiger partial charge in [-0.05, 0) is 37.2 Å². The molecule has 0 fully saturated rings. The molecule has 0 saturated carbocycles. The molecule has 108 valence electrons. The number of benzene rings is 1. The van der Waals surface area contributed by atoms with Crippen LogP contribution in [0.2, 0.25) is 5.02 Å². The first-order valence-electron chi connectivity index (χ1n) is 6.73. The maximum atomic E-state index is 14.1. The van der Waals surface area contributed by atoms with Crippen molar-refractivity contribution in [1.29, 1.82) is 0 Å². The van der Waals surface area contributed by atoms with Crippen molar-refractivity contribution in [2.45, 2.75) is 12.5 Å². The number of hydrogen-bond donors (Lipinski definition) is 1. The highest BCUT2D eigenvalue weighted by Gasteiger charge is 2.17. The molecule has 3 rings (SSSR count). The predicted molar refractivity (Wildman–Crippen MR) is 82.1 cm³/mol. The molecule has 0 spiro atoms. The highest BCUT2D eigenvalue weighted by Crippen LogP contribution is 2.26. The van der Waals surface area contributed by atoms with Crippen LogP contribution in [0.25, 0.3) is 5.52 Å². The zero-order valence-electron chi connectivity index (χ0n) is 11.6. The Hall–Kier alpha value is -1.91. The number of halogens is 2. The minimum absolute atomic E-state index is 0.0298. The molecule has 0 radical (unpaired) electrons. The molecule has 0 aliphatic carbocycles. The zero-order valence-corrected chi connectivity index (χ0v) is 12.3. The first-order valence-corrected chi connectivity index (χ1v) is 7.11. The van der Waals surface area contributed by atoms with Crippen LogP contribution in [0.5, 0.6) is 0 Å². The summed E-state index contributed by atoms with van der Waals surface area (Å²) < 4.78 is 15.9. The fourth-order valence-electron chi connectivity index (χ4n) is 2.52. The molecule has 0 aliphatic rings. The van der Waals surface area contributed by atoms with Gasteiger partial charge in [-0.1, -0.05) is 29.8 Å². The summed E-state index contributed by atoms with van der Waals surface area (Å²) in [7, 11) is 1.86. The van der Waals surface area contributed by atoms with E-state index in [-0.39, 0.29) is 16.9 Å². The van der Waals surface area contributed by atoms with E-state index in [4.69, 9.17) is 11.6 Å². The Balaban J connectivity index is 1.97. The van der Waals surface area contributed by atoms with Crippen molar-refractivity contribution in [3.05, 3.63) is 70.8 Å². The molecule has 2 aromatic heterocycles. The van der Waals surface area contributed by atoms with Gasteiger partial charge in [-0.2, -0.15) is 5.10 Å². The summed E-state index contributed by atoms with van der Waals surface area (Å²) in [4.78, 5) is 0. The summed E-state index contributed by atoms with van der Waals surface area (Å²) in [5.74, 6) is -0.351. The molecule has 1 atom stereocenters. The third-order valence-corrected chi connectivity index (χ3v) is 3.93. The Morgan fingerprint density at radius 2 is 2.14 bits per heavy atom. The maximum absolute atomic E-state index is 14.1. The Bertz CT molecular complexity index is 769. The van der Waals surface area contributed by atoms with Crippen LogP contribution in [0, 0.1) is 5.82 Å². The van der Waals surface area contributed by atoms with Crippen LogP contribution >= 0.6 is 11.6 Å². The van der Waals surface area contributed by atoms with Crippen LogP contribution in [0.1, 0.15) is 17.2 Å². The third-order valence-electron chi connectivity index (χ3n) is 3.64. The summed E-state index contributed by atoms with van der Waals surface area (Å²) in [6.45, 7) is 0. The minimum atomic E-state index is -0.351. The molecule has 3 aromatic rings. The third kappa shape index (κ3) is 2.64. The molecule has 21 heavy (non-hydrogen) atoms. The number of rotatable bonds is 4. The second-order valence-electron chi connectivity index (χ2n) is 4.89. The van der Waals surface area contributed by atoms with E-state index in [1.54, 1.807) is 18.2 Å². The van der Waals surface area contributed by atoms with Crippen LogP contribution < -0.4 is 5.32 Å². The first kappa shape index (κ1) is 14.0. The Morgan fingerprint density at radius 3 is 2.95 bits per heavy atom. The predicted octanol–water partition coefficient (Wildman–Crippen LogP) is 3.63. The average molecular weight is 304 g/mol. The normalized spacial score (nSPS) is 12.7. The Morgan fingerprint density at radius 1 is 1.29 bits per heavy atom. The number of aromatic nitrogens is 2. The van der Waals surface area contributed by atoms with Crippen molar-refractivity contribution >= 4 is 17.1 Å². The van der Waals surface area contributed by atoms with Crippen LogP contribution in [-0.4, -0.2) is 16.7 Å². The number of nitrogens with one attached hydrogen (secondary N) is 1. The molecule has 0 saturated heterocycles. The topological polar surface area (TPSA) is 29.3 Å². The Kier molecular flexibility index (Phi) is 3.90. The number of nitrogens with zero attached hydrogens (tertiary/aromatic N) is 2. The van der Waals surface area contributed by atoms with E-state index >= 15 is 0 Å². The lowest BCUT2D eigenvalue weighted by Crippen LogP contribution is -2.19.